The van der Waals surface area contributed by atoms with Crippen molar-refractivity contribution in [3.63, 3.8) is 0 Å². The number of carbonyl (C=O) groups is 2. The molecule has 1 saturated carbocycles. The number of aromatic nitrogens is 1. The van der Waals surface area contributed by atoms with Gasteiger partial charge in [-0.25, -0.2) is 14.2 Å². The summed E-state index contributed by atoms with van der Waals surface area (Å²) in [6.07, 6.45) is -4.06. The molecule has 0 spiro atoms. The van der Waals surface area contributed by atoms with Crippen molar-refractivity contribution in [2.24, 2.45) is 5.92 Å². The minimum atomic E-state index is -4.90. The summed E-state index contributed by atoms with van der Waals surface area (Å²) in [6, 6.07) is 4.15. The third kappa shape index (κ3) is 4.49. The second-order valence-electron chi connectivity index (χ2n) is 9.13. The second kappa shape index (κ2) is 9.30. The van der Waals surface area contributed by atoms with E-state index in [1.165, 1.54) is 13.0 Å². The van der Waals surface area contributed by atoms with Crippen molar-refractivity contribution in [2.45, 2.75) is 63.0 Å². The average Bonchev–Trinajstić information content (AvgIpc) is 3.05. The van der Waals surface area contributed by atoms with E-state index in [1.54, 1.807) is 0 Å². The number of halogens is 5. The molecule has 2 aliphatic rings. The predicted molar refractivity (Wildman–Crippen MR) is 116 cm³/mol. The summed E-state index contributed by atoms with van der Waals surface area (Å²) in [5.41, 5.74) is -3.37. The first-order chi connectivity index (χ1) is 16.8. The number of ether oxygens (including phenoxy) is 2. The highest BCUT2D eigenvalue weighted by Gasteiger charge is 2.66. The van der Waals surface area contributed by atoms with Gasteiger partial charge >= 0.3 is 12.1 Å². The van der Waals surface area contributed by atoms with Crippen LogP contribution >= 0.6 is 0 Å². The van der Waals surface area contributed by atoms with E-state index in [2.05, 4.69) is 10.3 Å². The maximum atomic E-state index is 14.9. The molecular weight excluding hydrogens is 491 g/mol. The molecule has 1 amide bonds. The van der Waals surface area contributed by atoms with Crippen molar-refractivity contribution in [1.82, 2.24) is 4.98 Å². The summed E-state index contributed by atoms with van der Waals surface area (Å²) in [6.45, 7) is 2.01. The Morgan fingerprint density at radius 1 is 1.22 bits per heavy atom. The van der Waals surface area contributed by atoms with Gasteiger partial charge in [-0.15, -0.1) is 0 Å². The molecule has 1 aliphatic heterocycles. The number of amides is 1. The topological polar surface area (TPSA) is 97.8 Å². The van der Waals surface area contributed by atoms with Crippen molar-refractivity contribution in [2.75, 3.05) is 5.32 Å². The lowest BCUT2D eigenvalue weighted by Gasteiger charge is -2.32. The summed E-state index contributed by atoms with van der Waals surface area (Å²) in [4.78, 5) is 28.0. The molecule has 2 heterocycles. The van der Waals surface area contributed by atoms with E-state index in [1.807, 2.05) is 0 Å². The van der Waals surface area contributed by atoms with Crippen LogP contribution in [0.4, 0.5) is 27.6 Å². The Kier molecular flexibility index (Phi) is 6.67. The molecule has 0 radical (unpaired) electrons. The lowest BCUT2D eigenvalue weighted by Crippen LogP contribution is -2.47. The Bertz CT molecular complexity index is 1190. The lowest BCUT2D eigenvalue weighted by atomic mass is 9.76. The first-order valence-electron chi connectivity index (χ1n) is 11.2. The largest absolute Gasteiger partial charge is 0.487 e. The van der Waals surface area contributed by atoms with Gasteiger partial charge in [0.15, 0.2) is 17.2 Å². The van der Waals surface area contributed by atoms with Crippen LogP contribution in [0.5, 0.6) is 5.75 Å². The average molecular weight is 514 g/mol. The molecule has 1 aromatic carbocycles. The lowest BCUT2D eigenvalue weighted by molar-refractivity contribution is -0.272. The number of hydrogen-bond acceptors (Lipinski definition) is 5. The van der Waals surface area contributed by atoms with Gasteiger partial charge in [0.2, 0.25) is 5.82 Å². The van der Waals surface area contributed by atoms with Crippen molar-refractivity contribution in [1.29, 1.82) is 0 Å². The summed E-state index contributed by atoms with van der Waals surface area (Å²) in [5, 5.41) is 11.5. The van der Waals surface area contributed by atoms with Gasteiger partial charge in [-0.1, -0.05) is 13.0 Å². The van der Waals surface area contributed by atoms with Crippen LogP contribution in [0, 0.1) is 17.6 Å². The van der Waals surface area contributed by atoms with Crippen molar-refractivity contribution >= 4 is 17.6 Å². The molecule has 0 unspecified atom stereocenters. The Morgan fingerprint density at radius 3 is 2.50 bits per heavy atom. The number of anilines is 1. The number of aromatic carboxylic acids is 1. The highest BCUT2D eigenvalue weighted by molar-refractivity contribution is 5.96. The summed E-state index contributed by atoms with van der Waals surface area (Å²) in [7, 11) is 0. The highest BCUT2D eigenvalue weighted by Crippen LogP contribution is 2.55. The second-order valence-corrected chi connectivity index (χ2v) is 9.13. The fourth-order valence-corrected chi connectivity index (χ4v) is 4.45. The molecule has 2 aromatic rings. The minimum Gasteiger partial charge on any atom is -0.487 e. The normalized spacial score (nSPS) is 26.4. The Labute approximate surface area is 202 Å². The smallest absolute Gasteiger partial charge is 0.417 e. The number of benzene rings is 1. The number of carboxylic acid groups (broad SMARTS) is 1. The van der Waals surface area contributed by atoms with Gasteiger partial charge in [-0.2, -0.15) is 17.6 Å². The number of carboxylic acids is 1. The number of nitrogens with one attached hydrogen (secondary N) is 1. The van der Waals surface area contributed by atoms with E-state index in [4.69, 9.17) is 14.6 Å². The molecule has 4 atom stereocenters. The van der Waals surface area contributed by atoms with Crippen LogP contribution in [0.2, 0.25) is 0 Å². The molecule has 2 fully saturated rings. The molecular formula is C24H23F5N2O5. The van der Waals surface area contributed by atoms with E-state index >= 15 is 0 Å². The summed E-state index contributed by atoms with van der Waals surface area (Å²) in [5.74, 6) is -8.32. The zero-order valence-corrected chi connectivity index (χ0v) is 19.2. The Morgan fingerprint density at radius 2 is 1.92 bits per heavy atom. The van der Waals surface area contributed by atoms with Crippen LogP contribution in [-0.4, -0.2) is 46.0 Å². The van der Waals surface area contributed by atoms with Gasteiger partial charge in [0.25, 0.3) is 5.91 Å². The van der Waals surface area contributed by atoms with Gasteiger partial charge < -0.3 is 19.9 Å². The van der Waals surface area contributed by atoms with Crippen molar-refractivity contribution in [3.8, 4) is 5.75 Å². The van der Waals surface area contributed by atoms with E-state index < -0.39 is 70.8 Å². The van der Waals surface area contributed by atoms with Crippen molar-refractivity contribution in [3.05, 3.63) is 53.4 Å². The van der Waals surface area contributed by atoms with Crippen molar-refractivity contribution < 1.29 is 46.1 Å². The first-order valence-corrected chi connectivity index (χ1v) is 11.2. The number of alkyl halides is 3. The Hall–Kier alpha value is -3.28. The molecule has 1 aliphatic carbocycles. The van der Waals surface area contributed by atoms with E-state index in [0.717, 1.165) is 37.7 Å². The fraction of sp³-hybridized carbons (Fsp3) is 0.458. The molecule has 1 saturated heterocycles. The number of carbonyl (C=O) groups excluding carboxylic acids is 1. The molecule has 194 valence electrons. The van der Waals surface area contributed by atoms with Crippen LogP contribution < -0.4 is 10.1 Å². The maximum Gasteiger partial charge on any atom is 0.417 e. The van der Waals surface area contributed by atoms with Crippen LogP contribution in [0.15, 0.2) is 30.5 Å². The summed E-state index contributed by atoms with van der Waals surface area (Å²) < 4.78 is 82.3. The Balaban J connectivity index is 1.76. The van der Waals surface area contributed by atoms with Crippen LogP contribution in [0.25, 0.3) is 0 Å². The van der Waals surface area contributed by atoms with E-state index in [0.29, 0.717) is 12.8 Å². The fourth-order valence-electron chi connectivity index (χ4n) is 4.45. The standard InChI is InChI=1S/C24H23F5N2O5/c1-11-17(14-6-7-15(25)18(26)19(14)35-13-4-3-5-13)20(36-23(11,2)24(27,28)29)21(32)31-12-8-9-30-16(10-12)22(33)34/h6-11,13,17,20H,3-5H2,1-2H3,(H,33,34)(H,30,31,32)/t11-,17-,20+,23+/m0/s1. The molecule has 0 bridgehead atoms. The molecule has 2 N–H and O–H groups in total. The zero-order chi connectivity index (χ0) is 26.4. The van der Waals surface area contributed by atoms with Gasteiger partial charge in [-0.05, 0) is 44.4 Å². The van der Waals surface area contributed by atoms with Crippen LogP contribution in [0.1, 0.15) is 55.1 Å². The number of rotatable bonds is 6. The van der Waals surface area contributed by atoms with Crippen LogP contribution in [0.3, 0.4) is 0 Å². The SMILES string of the molecule is C[C@H]1[C@@H](c2ccc(F)c(F)c2OC2CCC2)[C@H](C(=O)Nc2ccnc(C(=O)O)c2)O[C@@]1(C)C(F)(F)F. The monoisotopic (exact) mass is 514 g/mol. The molecule has 12 heteroatoms. The van der Waals surface area contributed by atoms with Gasteiger partial charge in [0, 0.05) is 29.3 Å². The third-order valence-electron chi connectivity index (χ3n) is 6.95. The first kappa shape index (κ1) is 25.8. The van der Waals surface area contributed by atoms with Gasteiger partial charge in [0.05, 0.1) is 6.10 Å². The van der Waals surface area contributed by atoms with E-state index in [9.17, 15) is 31.5 Å². The quantitative estimate of drug-likeness (QED) is 0.523. The predicted octanol–water partition coefficient (Wildman–Crippen LogP) is 5.07. The maximum absolute atomic E-state index is 14.9. The van der Waals surface area contributed by atoms with Crippen LogP contribution in [-0.2, 0) is 9.53 Å². The molecule has 7 nitrogen and oxygen atoms in total. The van der Waals surface area contributed by atoms with E-state index in [-0.39, 0.29) is 11.3 Å². The number of hydrogen-bond donors (Lipinski definition) is 2. The zero-order valence-electron chi connectivity index (χ0n) is 19.2. The highest BCUT2D eigenvalue weighted by atomic mass is 19.4. The molecule has 4 rings (SSSR count). The number of nitrogens with zero attached hydrogens (tertiary/aromatic N) is 1. The molecule has 1 aromatic heterocycles. The van der Waals surface area contributed by atoms with Gasteiger partial charge in [0.1, 0.15) is 11.8 Å². The third-order valence-corrected chi connectivity index (χ3v) is 6.95. The number of pyridine rings is 1. The van der Waals surface area contributed by atoms with Gasteiger partial charge in [-0.3, -0.25) is 4.79 Å². The minimum absolute atomic E-state index is 0.0424. The summed E-state index contributed by atoms with van der Waals surface area (Å²) >= 11 is 0. The molecule has 36 heavy (non-hydrogen) atoms.